The minimum atomic E-state index is -3.02. The van der Waals surface area contributed by atoms with Crippen LogP contribution in [-0.2, 0) is 0 Å². The molecule has 0 aliphatic heterocycles. The molecule has 0 bridgehead atoms. The highest BCUT2D eigenvalue weighted by atomic mass is 35.5. The lowest BCUT2D eigenvalue weighted by Crippen LogP contribution is -2.09. The average molecular weight is 223 g/mol. The van der Waals surface area contributed by atoms with Gasteiger partial charge in [-0.15, -0.1) is 0 Å². The monoisotopic (exact) mass is 222 g/mol. The van der Waals surface area contributed by atoms with Gasteiger partial charge in [0.2, 0.25) is 0 Å². The van der Waals surface area contributed by atoms with Crippen LogP contribution in [0.3, 0.4) is 0 Å². The van der Waals surface area contributed by atoms with E-state index in [-0.39, 0.29) is 5.02 Å². The van der Waals surface area contributed by atoms with E-state index in [0.717, 1.165) is 6.20 Å². The smallest absolute Gasteiger partial charge is 0.337 e. The number of aromatic carboxylic acids is 1. The Bertz CT molecular complexity index is 384. The van der Waals surface area contributed by atoms with Gasteiger partial charge in [-0.3, -0.25) is 0 Å². The number of hydrogen-bond donors (Lipinski definition) is 2. The maximum absolute atomic E-state index is 12.4. The van der Waals surface area contributed by atoms with Crippen molar-refractivity contribution in [1.82, 2.24) is 4.98 Å². The Morgan fingerprint density at radius 1 is 1.64 bits per heavy atom. The SMILES string of the molecule is Nc1ncc(Cl)c(C(=O)O)c1C(F)F. The molecule has 1 heterocycles. The van der Waals surface area contributed by atoms with E-state index in [9.17, 15) is 13.6 Å². The summed E-state index contributed by atoms with van der Waals surface area (Å²) in [5.74, 6) is -2.08. The van der Waals surface area contributed by atoms with E-state index in [1.807, 2.05) is 0 Å². The lowest BCUT2D eigenvalue weighted by molar-refractivity contribution is 0.0685. The van der Waals surface area contributed by atoms with Gasteiger partial charge in [-0.05, 0) is 0 Å². The first-order valence-electron chi connectivity index (χ1n) is 3.40. The summed E-state index contributed by atoms with van der Waals surface area (Å²) in [6.45, 7) is 0. The van der Waals surface area contributed by atoms with Crippen LogP contribution in [0, 0.1) is 0 Å². The Labute approximate surface area is 82.3 Å². The molecule has 0 fully saturated rings. The Morgan fingerprint density at radius 3 is 2.57 bits per heavy atom. The van der Waals surface area contributed by atoms with Gasteiger partial charge in [0.15, 0.2) is 0 Å². The fourth-order valence-electron chi connectivity index (χ4n) is 0.955. The van der Waals surface area contributed by atoms with Gasteiger partial charge in [0.25, 0.3) is 6.43 Å². The molecular formula is C7H5ClF2N2O2. The van der Waals surface area contributed by atoms with Gasteiger partial charge in [-0.1, -0.05) is 11.6 Å². The van der Waals surface area contributed by atoms with E-state index in [0.29, 0.717) is 0 Å². The van der Waals surface area contributed by atoms with Crippen LogP contribution in [0.4, 0.5) is 14.6 Å². The molecule has 1 aromatic heterocycles. The number of alkyl halides is 2. The quantitative estimate of drug-likeness (QED) is 0.802. The first kappa shape index (κ1) is 10.6. The van der Waals surface area contributed by atoms with Gasteiger partial charge in [0.05, 0.1) is 16.1 Å². The molecule has 0 radical (unpaired) electrons. The number of carboxylic acid groups (broad SMARTS) is 1. The number of nitrogens with two attached hydrogens (primary N) is 1. The highest BCUT2D eigenvalue weighted by Gasteiger charge is 2.24. The molecule has 7 heteroatoms. The van der Waals surface area contributed by atoms with Crippen LogP contribution in [0.2, 0.25) is 5.02 Å². The largest absolute Gasteiger partial charge is 0.478 e. The molecule has 1 aromatic rings. The van der Waals surface area contributed by atoms with Crippen molar-refractivity contribution in [3.05, 3.63) is 22.3 Å². The van der Waals surface area contributed by atoms with Crippen LogP contribution < -0.4 is 5.73 Å². The molecule has 4 nitrogen and oxygen atoms in total. The first-order valence-corrected chi connectivity index (χ1v) is 3.78. The average Bonchev–Trinajstić information content (AvgIpc) is 2.07. The molecule has 0 unspecified atom stereocenters. The van der Waals surface area contributed by atoms with E-state index in [1.165, 1.54) is 0 Å². The number of anilines is 1. The first-order chi connectivity index (χ1) is 6.45. The van der Waals surface area contributed by atoms with E-state index in [4.69, 9.17) is 22.4 Å². The van der Waals surface area contributed by atoms with Crippen molar-refractivity contribution in [3.8, 4) is 0 Å². The summed E-state index contributed by atoms with van der Waals surface area (Å²) in [6, 6.07) is 0. The van der Waals surface area contributed by atoms with Crippen LogP contribution >= 0.6 is 11.6 Å². The standard InChI is InChI=1S/C7H5ClF2N2O2/c8-2-1-12-6(11)4(5(9)10)3(2)7(13)14/h1,5H,(H2,11,12)(H,13,14). The summed E-state index contributed by atoms with van der Waals surface area (Å²) < 4.78 is 24.8. The third-order valence-electron chi connectivity index (χ3n) is 1.53. The zero-order valence-electron chi connectivity index (χ0n) is 6.67. The maximum Gasteiger partial charge on any atom is 0.337 e. The minimum Gasteiger partial charge on any atom is -0.478 e. The number of carbonyl (C=O) groups is 1. The van der Waals surface area contributed by atoms with Gasteiger partial charge in [0.1, 0.15) is 5.82 Å². The molecule has 0 saturated heterocycles. The number of hydrogen-bond acceptors (Lipinski definition) is 3. The van der Waals surface area contributed by atoms with Gasteiger partial charge in [0, 0.05) is 6.20 Å². The number of nitrogen functional groups attached to an aromatic ring is 1. The lowest BCUT2D eigenvalue weighted by Gasteiger charge is -2.08. The van der Waals surface area contributed by atoms with Crippen LogP contribution in [0.5, 0.6) is 0 Å². The van der Waals surface area contributed by atoms with Crippen LogP contribution in [0.1, 0.15) is 22.3 Å². The number of carboxylic acids is 1. The normalized spacial score (nSPS) is 10.6. The Morgan fingerprint density at radius 2 is 2.21 bits per heavy atom. The molecule has 0 spiro atoms. The van der Waals surface area contributed by atoms with Crippen molar-refractivity contribution in [1.29, 1.82) is 0 Å². The number of aromatic nitrogens is 1. The molecular weight excluding hydrogens is 218 g/mol. The summed E-state index contributed by atoms with van der Waals surface area (Å²) in [5, 5.41) is 8.26. The maximum atomic E-state index is 12.4. The van der Waals surface area contributed by atoms with Crippen molar-refractivity contribution in [3.63, 3.8) is 0 Å². The highest BCUT2D eigenvalue weighted by Crippen LogP contribution is 2.31. The molecule has 14 heavy (non-hydrogen) atoms. The predicted molar refractivity (Wildman–Crippen MR) is 45.6 cm³/mol. The van der Waals surface area contributed by atoms with Gasteiger partial charge in [-0.2, -0.15) is 0 Å². The second-order valence-electron chi connectivity index (χ2n) is 2.39. The molecule has 0 saturated carbocycles. The summed E-state index contributed by atoms with van der Waals surface area (Å²) in [6.07, 6.45) is -2.10. The highest BCUT2D eigenvalue weighted by molar-refractivity contribution is 6.33. The Balaban J connectivity index is 3.50. The molecule has 0 aromatic carbocycles. The van der Waals surface area contributed by atoms with Crippen molar-refractivity contribution in [2.45, 2.75) is 6.43 Å². The fraction of sp³-hybridized carbons (Fsp3) is 0.143. The van der Waals surface area contributed by atoms with E-state index < -0.39 is 29.3 Å². The van der Waals surface area contributed by atoms with Gasteiger partial charge >= 0.3 is 5.97 Å². The van der Waals surface area contributed by atoms with Crippen molar-refractivity contribution >= 4 is 23.4 Å². The fourth-order valence-corrected chi connectivity index (χ4v) is 1.19. The third kappa shape index (κ3) is 1.74. The van der Waals surface area contributed by atoms with E-state index >= 15 is 0 Å². The second-order valence-corrected chi connectivity index (χ2v) is 2.79. The van der Waals surface area contributed by atoms with E-state index in [2.05, 4.69) is 4.98 Å². The van der Waals surface area contributed by atoms with E-state index in [1.54, 1.807) is 0 Å². The number of pyridine rings is 1. The molecule has 76 valence electrons. The molecule has 0 aliphatic rings. The van der Waals surface area contributed by atoms with Gasteiger partial charge < -0.3 is 10.8 Å². The van der Waals surface area contributed by atoms with Crippen LogP contribution in [-0.4, -0.2) is 16.1 Å². The number of halogens is 3. The zero-order chi connectivity index (χ0) is 10.9. The van der Waals surface area contributed by atoms with Crippen LogP contribution in [0.25, 0.3) is 0 Å². The molecule has 0 aliphatic carbocycles. The summed E-state index contributed by atoms with van der Waals surface area (Å²) in [7, 11) is 0. The van der Waals surface area contributed by atoms with Crippen molar-refractivity contribution in [2.24, 2.45) is 0 Å². The molecule has 1 rings (SSSR count). The summed E-state index contributed by atoms with van der Waals surface area (Å²) in [5.41, 5.74) is 3.57. The number of rotatable bonds is 2. The topological polar surface area (TPSA) is 76.2 Å². The summed E-state index contributed by atoms with van der Waals surface area (Å²) in [4.78, 5) is 13.9. The van der Waals surface area contributed by atoms with Crippen molar-refractivity contribution < 1.29 is 18.7 Å². The predicted octanol–water partition coefficient (Wildman–Crippen LogP) is 1.95. The number of nitrogens with zero attached hydrogens (tertiary/aromatic N) is 1. The lowest BCUT2D eigenvalue weighted by atomic mass is 10.1. The second kappa shape index (κ2) is 3.75. The van der Waals surface area contributed by atoms with Crippen molar-refractivity contribution in [2.75, 3.05) is 5.73 Å². The van der Waals surface area contributed by atoms with Gasteiger partial charge in [-0.25, -0.2) is 18.6 Å². The van der Waals surface area contributed by atoms with Crippen LogP contribution in [0.15, 0.2) is 6.20 Å². The molecule has 0 atom stereocenters. The molecule has 3 N–H and O–H groups in total. The molecule has 0 amide bonds. The zero-order valence-corrected chi connectivity index (χ0v) is 7.42. The minimum absolute atomic E-state index is 0.359. The Hall–Kier alpha value is -1.43. The third-order valence-corrected chi connectivity index (χ3v) is 1.82. The summed E-state index contributed by atoms with van der Waals surface area (Å²) >= 11 is 5.41. The Kier molecular flexibility index (Phi) is 2.85.